The molecule has 19 heavy (non-hydrogen) atoms. The summed E-state index contributed by atoms with van der Waals surface area (Å²) in [4.78, 5) is 10.3. The molecule has 5 nitrogen and oxygen atoms in total. The fourth-order valence-electron chi connectivity index (χ4n) is 1.56. The van der Waals surface area contributed by atoms with Gasteiger partial charge in [0.25, 0.3) is 5.69 Å². The van der Waals surface area contributed by atoms with Crippen molar-refractivity contribution in [1.82, 2.24) is 0 Å². The molecule has 0 saturated carbocycles. The van der Waals surface area contributed by atoms with Crippen molar-refractivity contribution >= 4 is 56.9 Å². The molecule has 0 saturated heterocycles. The summed E-state index contributed by atoms with van der Waals surface area (Å²) in [7, 11) is 0. The van der Waals surface area contributed by atoms with Crippen molar-refractivity contribution in [2.45, 2.75) is 0 Å². The maximum Gasteiger partial charge on any atom is 0.273 e. The lowest BCUT2D eigenvalue weighted by atomic mass is 10.2. The molecule has 2 aromatic carbocycles. The van der Waals surface area contributed by atoms with Gasteiger partial charge in [0, 0.05) is 32.1 Å². The molecule has 0 fully saturated rings. The van der Waals surface area contributed by atoms with Crippen LogP contribution in [0.1, 0.15) is 0 Å². The number of nitro benzene ring substituents is 1. The van der Waals surface area contributed by atoms with Crippen LogP contribution in [0, 0.1) is 13.7 Å². The molecule has 0 spiro atoms. The topological polar surface area (TPSA) is 81.2 Å². The first-order chi connectivity index (χ1) is 8.95. The van der Waals surface area contributed by atoms with Crippen LogP contribution in [0.15, 0.2) is 36.4 Å². The van der Waals surface area contributed by atoms with Crippen LogP contribution in [-0.2, 0) is 0 Å². The van der Waals surface area contributed by atoms with Gasteiger partial charge in [-0.05, 0) is 46.9 Å². The number of nitrogens with two attached hydrogens (primary N) is 1. The normalized spacial score (nSPS) is 10.2. The monoisotopic (exact) mass is 389 g/mol. The largest absolute Gasteiger partial charge is 0.398 e. The molecule has 2 aromatic rings. The fourth-order valence-corrected chi connectivity index (χ4v) is 2.56. The van der Waals surface area contributed by atoms with E-state index < -0.39 is 4.92 Å². The third-order valence-corrected chi connectivity index (χ3v) is 3.49. The number of halogens is 2. The maximum atomic E-state index is 10.8. The van der Waals surface area contributed by atoms with Crippen molar-refractivity contribution in [2.75, 3.05) is 11.1 Å². The number of non-ortho nitro benzene ring substituents is 1. The van der Waals surface area contributed by atoms with Gasteiger partial charge in [0.15, 0.2) is 0 Å². The van der Waals surface area contributed by atoms with Gasteiger partial charge in [0.05, 0.1) is 10.6 Å². The third-order valence-electron chi connectivity index (χ3n) is 2.36. The SMILES string of the molecule is Nc1cc(Nc2ccc(Cl)cc2I)cc([N+](=O)[O-])c1. The standard InChI is InChI=1S/C12H9ClIN3O2/c13-7-1-2-12(11(14)3-7)16-9-4-8(15)5-10(6-9)17(18)19/h1-6,16H,15H2. The molecule has 2 rings (SSSR count). The molecular formula is C12H9ClIN3O2. The number of nitrogens with one attached hydrogen (secondary N) is 1. The number of nitrogen functional groups attached to an aromatic ring is 1. The van der Waals surface area contributed by atoms with Crippen LogP contribution in [-0.4, -0.2) is 4.92 Å². The zero-order valence-corrected chi connectivity index (χ0v) is 12.5. The molecule has 0 unspecified atom stereocenters. The molecule has 0 aliphatic heterocycles. The van der Waals surface area contributed by atoms with Gasteiger partial charge < -0.3 is 11.1 Å². The lowest BCUT2D eigenvalue weighted by Crippen LogP contribution is -1.97. The van der Waals surface area contributed by atoms with Gasteiger partial charge in [-0.15, -0.1) is 0 Å². The number of nitrogens with zero attached hydrogens (tertiary/aromatic N) is 1. The first-order valence-electron chi connectivity index (χ1n) is 5.23. The second-order valence-electron chi connectivity index (χ2n) is 3.82. The Morgan fingerprint density at radius 1 is 1.26 bits per heavy atom. The molecule has 0 atom stereocenters. The van der Waals surface area contributed by atoms with Crippen molar-refractivity contribution in [2.24, 2.45) is 0 Å². The van der Waals surface area contributed by atoms with Crippen LogP contribution in [0.4, 0.5) is 22.7 Å². The third kappa shape index (κ3) is 3.48. The summed E-state index contributed by atoms with van der Waals surface area (Å²) in [6.07, 6.45) is 0. The molecule has 7 heteroatoms. The Morgan fingerprint density at radius 2 is 2.00 bits per heavy atom. The summed E-state index contributed by atoms with van der Waals surface area (Å²) in [5.74, 6) is 0. The zero-order valence-electron chi connectivity index (χ0n) is 9.56. The van der Waals surface area contributed by atoms with E-state index in [1.54, 1.807) is 24.3 Å². The van der Waals surface area contributed by atoms with Crippen molar-refractivity contribution in [3.63, 3.8) is 0 Å². The minimum atomic E-state index is -0.478. The number of anilines is 3. The molecule has 98 valence electrons. The van der Waals surface area contributed by atoms with Gasteiger partial charge in [-0.1, -0.05) is 11.6 Å². The lowest BCUT2D eigenvalue weighted by molar-refractivity contribution is -0.384. The number of nitro groups is 1. The van der Waals surface area contributed by atoms with Crippen molar-refractivity contribution in [3.8, 4) is 0 Å². The summed E-state index contributed by atoms with van der Waals surface area (Å²) in [5.41, 5.74) is 7.30. The highest BCUT2D eigenvalue weighted by Crippen LogP contribution is 2.28. The highest BCUT2D eigenvalue weighted by Gasteiger charge is 2.09. The summed E-state index contributed by atoms with van der Waals surface area (Å²) in [6, 6.07) is 9.73. The lowest BCUT2D eigenvalue weighted by Gasteiger charge is -2.09. The summed E-state index contributed by atoms with van der Waals surface area (Å²) >= 11 is 8.00. The second-order valence-corrected chi connectivity index (χ2v) is 5.42. The highest BCUT2D eigenvalue weighted by molar-refractivity contribution is 14.1. The van der Waals surface area contributed by atoms with E-state index in [9.17, 15) is 10.1 Å². The van der Waals surface area contributed by atoms with Gasteiger partial charge in [-0.2, -0.15) is 0 Å². The first kappa shape index (κ1) is 13.9. The molecular weight excluding hydrogens is 381 g/mol. The molecule has 0 aromatic heterocycles. The zero-order chi connectivity index (χ0) is 14.0. The van der Waals surface area contributed by atoms with Crippen LogP contribution in [0.25, 0.3) is 0 Å². The minimum Gasteiger partial charge on any atom is -0.398 e. The van der Waals surface area contributed by atoms with E-state index in [2.05, 4.69) is 27.9 Å². The molecule has 0 heterocycles. The Bertz CT molecular complexity index is 649. The van der Waals surface area contributed by atoms with E-state index in [4.69, 9.17) is 17.3 Å². The number of hydrogen-bond donors (Lipinski definition) is 2. The van der Waals surface area contributed by atoms with Crippen molar-refractivity contribution < 1.29 is 4.92 Å². The van der Waals surface area contributed by atoms with Crippen LogP contribution in [0.3, 0.4) is 0 Å². The Kier molecular flexibility index (Phi) is 4.11. The van der Waals surface area contributed by atoms with Crippen LogP contribution < -0.4 is 11.1 Å². The smallest absolute Gasteiger partial charge is 0.273 e. The molecule has 3 N–H and O–H groups in total. The number of benzene rings is 2. The first-order valence-corrected chi connectivity index (χ1v) is 6.68. The van der Waals surface area contributed by atoms with E-state index in [-0.39, 0.29) is 5.69 Å². The quantitative estimate of drug-likeness (QED) is 0.357. The van der Waals surface area contributed by atoms with Crippen LogP contribution >= 0.6 is 34.2 Å². The predicted molar refractivity (Wildman–Crippen MR) is 85.0 cm³/mol. The average Bonchev–Trinajstić information content (AvgIpc) is 2.32. The van der Waals surface area contributed by atoms with Gasteiger partial charge >= 0.3 is 0 Å². The number of rotatable bonds is 3. The Balaban J connectivity index is 2.35. The second kappa shape index (κ2) is 5.62. The average molecular weight is 390 g/mol. The van der Waals surface area contributed by atoms with Crippen LogP contribution in [0.5, 0.6) is 0 Å². The van der Waals surface area contributed by atoms with Gasteiger partial charge in [0.1, 0.15) is 0 Å². The fraction of sp³-hybridized carbons (Fsp3) is 0. The number of hydrogen-bond acceptors (Lipinski definition) is 4. The van der Waals surface area contributed by atoms with Crippen molar-refractivity contribution in [1.29, 1.82) is 0 Å². The van der Waals surface area contributed by atoms with Gasteiger partial charge in [0.2, 0.25) is 0 Å². The van der Waals surface area contributed by atoms with Crippen LogP contribution in [0.2, 0.25) is 5.02 Å². The predicted octanol–water partition coefficient (Wildman–Crippen LogP) is 4.18. The summed E-state index contributed by atoms with van der Waals surface area (Å²) in [5, 5.41) is 14.5. The Hall–Kier alpha value is -1.54. The van der Waals surface area contributed by atoms with E-state index >= 15 is 0 Å². The Labute approximate surface area is 128 Å². The molecule has 0 amide bonds. The molecule has 0 bridgehead atoms. The van der Waals surface area contributed by atoms with Crippen molar-refractivity contribution in [3.05, 3.63) is 55.1 Å². The van der Waals surface area contributed by atoms with E-state index in [1.165, 1.54) is 12.1 Å². The summed E-state index contributed by atoms with van der Waals surface area (Å²) in [6.45, 7) is 0. The van der Waals surface area contributed by atoms with E-state index in [1.807, 2.05) is 0 Å². The maximum absolute atomic E-state index is 10.8. The highest BCUT2D eigenvalue weighted by atomic mass is 127. The minimum absolute atomic E-state index is 0.0496. The Morgan fingerprint density at radius 3 is 2.63 bits per heavy atom. The summed E-state index contributed by atoms with van der Waals surface area (Å²) < 4.78 is 0.912. The molecule has 0 aliphatic rings. The molecule has 0 radical (unpaired) electrons. The molecule has 0 aliphatic carbocycles. The van der Waals surface area contributed by atoms with E-state index in [0.717, 1.165) is 9.26 Å². The van der Waals surface area contributed by atoms with E-state index in [0.29, 0.717) is 16.4 Å². The van der Waals surface area contributed by atoms with Gasteiger partial charge in [-0.3, -0.25) is 10.1 Å². The van der Waals surface area contributed by atoms with Gasteiger partial charge in [-0.25, -0.2) is 0 Å².